The van der Waals surface area contributed by atoms with Crippen molar-refractivity contribution in [2.24, 2.45) is 0 Å². The second kappa shape index (κ2) is 5.70. The van der Waals surface area contributed by atoms with E-state index in [1.807, 2.05) is 0 Å². The third-order valence-corrected chi connectivity index (χ3v) is 3.55. The molecule has 0 aliphatic heterocycles. The van der Waals surface area contributed by atoms with Crippen molar-refractivity contribution in [2.75, 3.05) is 6.54 Å². The first-order chi connectivity index (χ1) is 9.47. The van der Waals surface area contributed by atoms with Crippen LogP contribution in [-0.2, 0) is 4.79 Å². The van der Waals surface area contributed by atoms with Gasteiger partial charge in [0.05, 0.1) is 0 Å². The fourth-order valence-electron chi connectivity index (χ4n) is 1.57. The fraction of sp³-hybridized carbons (Fsp3) is 0.154. The molecule has 104 valence electrons. The standard InChI is InChI=1S/C13H12N2O4S/c1-7-11(12(19)14-6-10(17)18)15-13(20-7)8-2-4-9(16)5-3-8/h2-5,16H,6H2,1H3,(H,14,19)(H,17,18). The van der Waals surface area contributed by atoms with Gasteiger partial charge in [-0.05, 0) is 31.2 Å². The number of hydrogen-bond donors (Lipinski definition) is 3. The summed E-state index contributed by atoms with van der Waals surface area (Å²) in [5, 5.41) is 20.7. The zero-order valence-corrected chi connectivity index (χ0v) is 11.4. The minimum Gasteiger partial charge on any atom is -0.508 e. The number of carboxylic acid groups (broad SMARTS) is 1. The van der Waals surface area contributed by atoms with E-state index in [4.69, 9.17) is 5.11 Å². The van der Waals surface area contributed by atoms with Gasteiger partial charge in [-0.3, -0.25) is 9.59 Å². The monoisotopic (exact) mass is 292 g/mol. The van der Waals surface area contributed by atoms with Gasteiger partial charge in [-0.25, -0.2) is 4.98 Å². The number of aryl methyl sites for hydroxylation is 1. The molecule has 0 atom stereocenters. The highest BCUT2D eigenvalue weighted by atomic mass is 32.1. The molecule has 0 aliphatic rings. The molecule has 1 aromatic carbocycles. The van der Waals surface area contributed by atoms with E-state index < -0.39 is 18.4 Å². The fourth-order valence-corrected chi connectivity index (χ4v) is 2.49. The van der Waals surface area contributed by atoms with Crippen LogP contribution in [-0.4, -0.2) is 33.6 Å². The molecule has 6 nitrogen and oxygen atoms in total. The molecule has 0 saturated heterocycles. The van der Waals surface area contributed by atoms with Gasteiger partial charge in [-0.2, -0.15) is 0 Å². The van der Waals surface area contributed by atoms with E-state index in [2.05, 4.69) is 10.3 Å². The van der Waals surface area contributed by atoms with Gasteiger partial charge in [0.25, 0.3) is 5.91 Å². The van der Waals surface area contributed by atoms with Crippen molar-refractivity contribution < 1.29 is 19.8 Å². The number of hydrogen-bond acceptors (Lipinski definition) is 5. The third kappa shape index (κ3) is 3.12. The number of thiazole rings is 1. The lowest BCUT2D eigenvalue weighted by Gasteiger charge is -1.99. The van der Waals surface area contributed by atoms with Crippen LogP contribution in [0.25, 0.3) is 10.6 Å². The van der Waals surface area contributed by atoms with Crippen molar-refractivity contribution >= 4 is 23.2 Å². The number of carbonyl (C=O) groups is 2. The Balaban J connectivity index is 2.23. The molecule has 0 bridgehead atoms. The van der Waals surface area contributed by atoms with Gasteiger partial charge in [-0.1, -0.05) is 0 Å². The number of phenols is 1. The Kier molecular flexibility index (Phi) is 3.99. The summed E-state index contributed by atoms with van der Waals surface area (Å²) in [5.74, 6) is -1.46. The quantitative estimate of drug-likeness (QED) is 0.795. The van der Waals surface area contributed by atoms with Crippen molar-refractivity contribution in [3.8, 4) is 16.3 Å². The summed E-state index contributed by atoms with van der Waals surface area (Å²) in [6, 6.07) is 6.48. The summed E-state index contributed by atoms with van der Waals surface area (Å²) in [4.78, 5) is 27.1. The molecule has 0 aliphatic carbocycles. The van der Waals surface area contributed by atoms with E-state index in [-0.39, 0.29) is 11.4 Å². The Morgan fingerprint density at radius 1 is 1.30 bits per heavy atom. The second-order valence-electron chi connectivity index (χ2n) is 4.05. The lowest BCUT2D eigenvalue weighted by molar-refractivity contribution is -0.135. The number of aromatic hydroxyl groups is 1. The Labute approximate surface area is 118 Å². The molecule has 7 heteroatoms. The molecule has 3 N–H and O–H groups in total. The summed E-state index contributed by atoms with van der Waals surface area (Å²) in [6.07, 6.45) is 0. The summed E-state index contributed by atoms with van der Waals surface area (Å²) in [7, 11) is 0. The predicted molar refractivity (Wildman–Crippen MR) is 73.9 cm³/mol. The number of aliphatic carboxylic acids is 1. The van der Waals surface area contributed by atoms with Gasteiger partial charge >= 0.3 is 5.97 Å². The van der Waals surface area contributed by atoms with Crippen LogP contribution in [0.3, 0.4) is 0 Å². The number of amides is 1. The first-order valence-corrected chi connectivity index (χ1v) is 6.56. The van der Waals surface area contributed by atoms with Crippen molar-refractivity contribution in [3.63, 3.8) is 0 Å². The van der Waals surface area contributed by atoms with E-state index in [0.717, 1.165) is 5.56 Å². The van der Waals surface area contributed by atoms with Crippen LogP contribution in [0.5, 0.6) is 5.75 Å². The predicted octanol–water partition coefficient (Wildman–Crippen LogP) is 1.64. The Hall–Kier alpha value is -2.41. The number of nitrogens with zero attached hydrogens (tertiary/aromatic N) is 1. The Morgan fingerprint density at radius 3 is 2.55 bits per heavy atom. The minimum absolute atomic E-state index is 0.154. The molecular weight excluding hydrogens is 280 g/mol. The Morgan fingerprint density at radius 2 is 1.95 bits per heavy atom. The highest BCUT2D eigenvalue weighted by Gasteiger charge is 2.16. The van der Waals surface area contributed by atoms with Gasteiger partial charge < -0.3 is 15.5 Å². The van der Waals surface area contributed by atoms with E-state index in [1.165, 1.54) is 23.5 Å². The number of benzene rings is 1. The molecular formula is C13H12N2O4S. The molecule has 1 heterocycles. The number of carboxylic acids is 1. The van der Waals surface area contributed by atoms with E-state index in [1.54, 1.807) is 19.1 Å². The second-order valence-corrected chi connectivity index (χ2v) is 5.25. The van der Waals surface area contributed by atoms with E-state index >= 15 is 0 Å². The van der Waals surface area contributed by atoms with Gasteiger partial charge in [0, 0.05) is 10.4 Å². The van der Waals surface area contributed by atoms with Crippen LogP contribution in [0.4, 0.5) is 0 Å². The molecule has 2 aromatic rings. The zero-order valence-electron chi connectivity index (χ0n) is 10.6. The van der Waals surface area contributed by atoms with Crippen LogP contribution in [0, 0.1) is 6.92 Å². The molecule has 1 aromatic heterocycles. The van der Waals surface area contributed by atoms with E-state index in [0.29, 0.717) is 9.88 Å². The van der Waals surface area contributed by atoms with E-state index in [9.17, 15) is 14.7 Å². The maximum absolute atomic E-state index is 11.8. The molecule has 0 fully saturated rings. The van der Waals surface area contributed by atoms with Crippen molar-refractivity contribution in [3.05, 3.63) is 34.8 Å². The SMILES string of the molecule is Cc1sc(-c2ccc(O)cc2)nc1C(=O)NCC(=O)O. The van der Waals surface area contributed by atoms with Crippen molar-refractivity contribution in [2.45, 2.75) is 6.92 Å². The molecule has 1 amide bonds. The van der Waals surface area contributed by atoms with Crippen LogP contribution in [0.1, 0.15) is 15.4 Å². The Bertz CT molecular complexity index is 649. The highest BCUT2D eigenvalue weighted by molar-refractivity contribution is 7.15. The number of carbonyl (C=O) groups excluding carboxylic acids is 1. The van der Waals surface area contributed by atoms with Crippen LogP contribution in [0.2, 0.25) is 0 Å². The van der Waals surface area contributed by atoms with Gasteiger partial charge in [0.15, 0.2) is 0 Å². The molecule has 2 rings (SSSR count). The van der Waals surface area contributed by atoms with Crippen molar-refractivity contribution in [1.82, 2.24) is 10.3 Å². The number of rotatable bonds is 4. The lowest BCUT2D eigenvalue weighted by atomic mass is 10.2. The normalized spacial score (nSPS) is 10.2. The van der Waals surface area contributed by atoms with Crippen LogP contribution in [0.15, 0.2) is 24.3 Å². The largest absolute Gasteiger partial charge is 0.508 e. The number of nitrogens with one attached hydrogen (secondary N) is 1. The molecule has 0 saturated carbocycles. The first-order valence-electron chi connectivity index (χ1n) is 5.74. The molecule has 0 radical (unpaired) electrons. The van der Waals surface area contributed by atoms with Crippen LogP contribution < -0.4 is 5.32 Å². The van der Waals surface area contributed by atoms with Crippen LogP contribution >= 0.6 is 11.3 Å². The topological polar surface area (TPSA) is 99.5 Å². The smallest absolute Gasteiger partial charge is 0.322 e. The number of aromatic nitrogens is 1. The molecule has 0 unspecified atom stereocenters. The third-order valence-electron chi connectivity index (χ3n) is 2.53. The maximum atomic E-state index is 11.8. The summed E-state index contributed by atoms with van der Waals surface area (Å²) >= 11 is 1.33. The summed E-state index contributed by atoms with van der Waals surface area (Å²) < 4.78 is 0. The van der Waals surface area contributed by atoms with Crippen molar-refractivity contribution in [1.29, 1.82) is 0 Å². The summed E-state index contributed by atoms with van der Waals surface area (Å²) in [5.41, 5.74) is 1.01. The zero-order chi connectivity index (χ0) is 14.7. The molecule has 0 spiro atoms. The van der Waals surface area contributed by atoms with Gasteiger partial charge in [0.1, 0.15) is 23.0 Å². The minimum atomic E-state index is -1.11. The number of phenolic OH excluding ortho intramolecular Hbond substituents is 1. The average Bonchev–Trinajstić information content (AvgIpc) is 2.79. The van der Waals surface area contributed by atoms with Gasteiger partial charge in [0.2, 0.25) is 0 Å². The molecule has 20 heavy (non-hydrogen) atoms. The van der Waals surface area contributed by atoms with Gasteiger partial charge in [-0.15, -0.1) is 11.3 Å². The lowest BCUT2D eigenvalue weighted by Crippen LogP contribution is -2.29. The average molecular weight is 292 g/mol. The first kappa shape index (κ1) is 14.0. The highest BCUT2D eigenvalue weighted by Crippen LogP contribution is 2.28. The maximum Gasteiger partial charge on any atom is 0.322 e. The summed E-state index contributed by atoms with van der Waals surface area (Å²) in [6.45, 7) is 1.31.